The van der Waals surface area contributed by atoms with Crippen molar-refractivity contribution in [1.82, 2.24) is 16.0 Å². The SMILES string of the molecule is NS(=O)(=O)c1ccc(C(=O)NCC(=O)NCC(=O)N[C@@H](Cc2ccc(Cl)cc2)C(=O)O)cc1. The number of benzene rings is 2. The third kappa shape index (κ3) is 8.52. The highest BCUT2D eigenvalue weighted by molar-refractivity contribution is 7.89. The molecule has 2 rings (SSSR count). The number of nitrogens with two attached hydrogens (primary N) is 1. The van der Waals surface area contributed by atoms with E-state index in [2.05, 4.69) is 16.0 Å². The standard InChI is InChI=1S/C20H21ClN4O7S/c21-14-5-1-12(2-6-14)9-16(20(29)30)25-18(27)11-23-17(26)10-24-19(28)13-3-7-15(8-4-13)33(22,31)32/h1-8,16H,9-11H2,(H,23,26)(H,24,28)(H,25,27)(H,29,30)(H2,22,31,32)/t16-/m0/s1. The number of carboxylic acids is 1. The van der Waals surface area contributed by atoms with Crippen LogP contribution in [0.15, 0.2) is 53.4 Å². The largest absolute Gasteiger partial charge is 0.480 e. The molecule has 0 fully saturated rings. The molecule has 0 radical (unpaired) electrons. The maximum absolute atomic E-state index is 12.0. The second-order valence-corrected chi connectivity index (χ2v) is 8.82. The summed E-state index contributed by atoms with van der Waals surface area (Å²) in [5, 5.41) is 21.7. The van der Waals surface area contributed by atoms with Gasteiger partial charge >= 0.3 is 5.97 Å². The van der Waals surface area contributed by atoms with Gasteiger partial charge in [0.25, 0.3) is 5.91 Å². The molecule has 3 amide bonds. The fourth-order valence-corrected chi connectivity index (χ4v) is 3.24. The number of carboxylic acid groups (broad SMARTS) is 1. The number of sulfonamides is 1. The number of amides is 3. The fourth-order valence-electron chi connectivity index (χ4n) is 2.60. The number of primary sulfonamides is 1. The van der Waals surface area contributed by atoms with E-state index in [1.165, 1.54) is 12.1 Å². The van der Waals surface area contributed by atoms with Crippen LogP contribution in [0, 0.1) is 0 Å². The molecule has 0 aliphatic rings. The average Bonchev–Trinajstić information content (AvgIpc) is 2.76. The van der Waals surface area contributed by atoms with Gasteiger partial charge in [0, 0.05) is 17.0 Å². The van der Waals surface area contributed by atoms with E-state index in [9.17, 15) is 32.7 Å². The Morgan fingerprint density at radius 1 is 0.909 bits per heavy atom. The second kappa shape index (κ2) is 11.4. The van der Waals surface area contributed by atoms with Crippen LogP contribution in [-0.2, 0) is 30.8 Å². The molecule has 0 heterocycles. The predicted molar refractivity (Wildman–Crippen MR) is 118 cm³/mol. The van der Waals surface area contributed by atoms with E-state index in [4.69, 9.17) is 16.7 Å². The first-order chi connectivity index (χ1) is 15.5. The zero-order valence-corrected chi connectivity index (χ0v) is 18.7. The number of hydrogen-bond acceptors (Lipinski definition) is 6. The summed E-state index contributed by atoms with van der Waals surface area (Å²) in [7, 11) is -3.90. The average molecular weight is 497 g/mol. The first-order valence-electron chi connectivity index (χ1n) is 9.40. The van der Waals surface area contributed by atoms with Crippen molar-refractivity contribution in [3.8, 4) is 0 Å². The second-order valence-electron chi connectivity index (χ2n) is 6.82. The van der Waals surface area contributed by atoms with Crippen LogP contribution in [-0.4, -0.2) is 56.3 Å². The fraction of sp³-hybridized carbons (Fsp3) is 0.200. The van der Waals surface area contributed by atoms with Gasteiger partial charge in [0.05, 0.1) is 18.0 Å². The lowest BCUT2D eigenvalue weighted by atomic mass is 10.1. The van der Waals surface area contributed by atoms with E-state index in [-0.39, 0.29) is 16.9 Å². The first kappa shape index (κ1) is 25.8. The van der Waals surface area contributed by atoms with Crippen LogP contribution < -0.4 is 21.1 Å². The minimum atomic E-state index is -3.90. The molecule has 11 nitrogen and oxygen atoms in total. The van der Waals surface area contributed by atoms with Crippen LogP contribution in [0.3, 0.4) is 0 Å². The Morgan fingerprint density at radius 3 is 2.03 bits per heavy atom. The van der Waals surface area contributed by atoms with E-state index in [1.807, 2.05) is 0 Å². The third-order valence-electron chi connectivity index (χ3n) is 4.29. The quantitative estimate of drug-likeness (QED) is 0.297. The monoisotopic (exact) mass is 496 g/mol. The Balaban J connectivity index is 1.79. The summed E-state index contributed by atoms with van der Waals surface area (Å²) < 4.78 is 22.4. The van der Waals surface area contributed by atoms with Crippen molar-refractivity contribution in [3.05, 3.63) is 64.7 Å². The van der Waals surface area contributed by atoms with Crippen molar-refractivity contribution in [3.63, 3.8) is 0 Å². The van der Waals surface area contributed by atoms with Gasteiger partial charge < -0.3 is 21.1 Å². The molecule has 6 N–H and O–H groups in total. The van der Waals surface area contributed by atoms with Gasteiger partial charge in [0.15, 0.2) is 0 Å². The highest BCUT2D eigenvalue weighted by Gasteiger charge is 2.21. The number of carbonyl (C=O) groups excluding carboxylic acids is 3. The van der Waals surface area contributed by atoms with Crippen LogP contribution in [0.1, 0.15) is 15.9 Å². The van der Waals surface area contributed by atoms with E-state index < -0.39 is 52.8 Å². The summed E-state index contributed by atoms with van der Waals surface area (Å²) in [6.45, 7) is -0.960. The maximum Gasteiger partial charge on any atom is 0.326 e. The van der Waals surface area contributed by atoms with E-state index in [0.29, 0.717) is 10.6 Å². The minimum Gasteiger partial charge on any atom is -0.480 e. The first-order valence-corrected chi connectivity index (χ1v) is 11.3. The zero-order chi connectivity index (χ0) is 24.6. The molecule has 33 heavy (non-hydrogen) atoms. The summed E-state index contributed by atoms with van der Waals surface area (Å²) in [5.41, 5.74) is 0.746. The molecule has 13 heteroatoms. The highest BCUT2D eigenvalue weighted by Crippen LogP contribution is 2.11. The van der Waals surface area contributed by atoms with Crippen molar-refractivity contribution >= 4 is 45.3 Å². The molecule has 0 aliphatic heterocycles. The van der Waals surface area contributed by atoms with Gasteiger partial charge in [-0.25, -0.2) is 18.4 Å². The van der Waals surface area contributed by atoms with Crippen LogP contribution in [0.25, 0.3) is 0 Å². The topological polar surface area (TPSA) is 185 Å². The van der Waals surface area contributed by atoms with E-state index in [1.54, 1.807) is 24.3 Å². The smallest absolute Gasteiger partial charge is 0.326 e. The number of rotatable bonds is 10. The Bertz CT molecular complexity index is 1140. The lowest BCUT2D eigenvalue weighted by Crippen LogP contribution is -2.47. The van der Waals surface area contributed by atoms with Crippen LogP contribution in [0.5, 0.6) is 0 Å². The lowest BCUT2D eigenvalue weighted by Gasteiger charge is -2.15. The van der Waals surface area contributed by atoms with Crippen molar-refractivity contribution in [2.24, 2.45) is 5.14 Å². The normalized spacial score (nSPS) is 11.8. The van der Waals surface area contributed by atoms with Crippen LogP contribution in [0.2, 0.25) is 5.02 Å². The molecule has 2 aromatic rings. The Hall–Kier alpha value is -3.48. The highest BCUT2D eigenvalue weighted by atomic mass is 35.5. The zero-order valence-electron chi connectivity index (χ0n) is 17.1. The minimum absolute atomic E-state index is 0.0203. The van der Waals surface area contributed by atoms with E-state index >= 15 is 0 Å². The summed E-state index contributed by atoms with van der Waals surface area (Å²) in [6.07, 6.45) is 0.0203. The summed E-state index contributed by atoms with van der Waals surface area (Å²) in [6, 6.07) is 10.0. The number of halogens is 1. The predicted octanol–water partition coefficient (Wildman–Crippen LogP) is -0.354. The number of carbonyl (C=O) groups is 4. The van der Waals surface area contributed by atoms with Crippen molar-refractivity contribution in [2.75, 3.05) is 13.1 Å². The van der Waals surface area contributed by atoms with Gasteiger partial charge in [-0.05, 0) is 42.0 Å². The molecule has 0 saturated heterocycles. The summed E-state index contributed by atoms with van der Waals surface area (Å²) >= 11 is 5.79. The van der Waals surface area contributed by atoms with Gasteiger partial charge in [-0.2, -0.15) is 0 Å². The Labute approximate surface area is 194 Å². The Morgan fingerprint density at radius 2 is 1.48 bits per heavy atom. The Kier molecular flexibility index (Phi) is 8.91. The van der Waals surface area contributed by atoms with Crippen LogP contribution in [0.4, 0.5) is 0 Å². The molecule has 1 atom stereocenters. The van der Waals surface area contributed by atoms with Crippen molar-refractivity contribution in [2.45, 2.75) is 17.4 Å². The number of aliphatic carboxylic acids is 1. The summed E-state index contributed by atoms with van der Waals surface area (Å²) in [4.78, 5) is 47.2. The molecular weight excluding hydrogens is 476 g/mol. The molecular formula is C20H21ClN4O7S. The molecule has 176 valence electrons. The molecule has 0 saturated carbocycles. The van der Waals surface area contributed by atoms with Gasteiger partial charge in [-0.15, -0.1) is 0 Å². The van der Waals surface area contributed by atoms with Gasteiger partial charge in [0.2, 0.25) is 21.8 Å². The lowest BCUT2D eigenvalue weighted by molar-refractivity contribution is -0.141. The van der Waals surface area contributed by atoms with Crippen molar-refractivity contribution < 1.29 is 32.7 Å². The van der Waals surface area contributed by atoms with Gasteiger partial charge in [-0.3, -0.25) is 14.4 Å². The summed E-state index contributed by atoms with van der Waals surface area (Å²) in [5.74, 6) is -3.31. The molecule has 0 aliphatic carbocycles. The van der Waals surface area contributed by atoms with Gasteiger partial charge in [0.1, 0.15) is 6.04 Å². The number of nitrogens with one attached hydrogen (secondary N) is 3. The maximum atomic E-state index is 12.0. The van der Waals surface area contributed by atoms with Crippen LogP contribution >= 0.6 is 11.6 Å². The third-order valence-corrected chi connectivity index (χ3v) is 5.47. The van der Waals surface area contributed by atoms with Gasteiger partial charge in [-0.1, -0.05) is 23.7 Å². The molecule has 2 aromatic carbocycles. The molecule has 0 spiro atoms. The molecule has 0 bridgehead atoms. The number of hydrogen-bond donors (Lipinski definition) is 5. The molecule has 0 aromatic heterocycles. The van der Waals surface area contributed by atoms with E-state index in [0.717, 1.165) is 12.1 Å². The van der Waals surface area contributed by atoms with Crippen molar-refractivity contribution in [1.29, 1.82) is 0 Å². The molecule has 0 unspecified atom stereocenters.